The van der Waals surface area contributed by atoms with E-state index >= 15 is 0 Å². The Morgan fingerprint density at radius 1 is 1.25 bits per heavy atom. The number of halogens is 1. The minimum atomic E-state index is 0.383. The van der Waals surface area contributed by atoms with Gasteiger partial charge in [0.05, 0.1) is 23.8 Å². The van der Waals surface area contributed by atoms with Crippen LogP contribution in [0.15, 0.2) is 12.1 Å². The SMILES string of the molecule is ClCc1ccc(N2CC3CCC(C2)O3)nn1. The fraction of sp³-hybridized carbons (Fsp3) is 0.636. The predicted octanol–water partition coefficient (Wildman–Crippen LogP) is 1.58. The molecule has 2 unspecified atom stereocenters. The average Bonchev–Trinajstić information content (AvgIpc) is 2.68. The maximum absolute atomic E-state index is 5.78. The van der Waals surface area contributed by atoms with Gasteiger partial charge in [-0.1, -0.05) is 0 Å². The zero-order valence-corrected chi connectivity index (χ0v) is 9.73. The van der Waals surface area contributed by atoms with E-state index < -0.39 is 0 Å². The van der Waals surface area contributed by atoms with Crippen LogP contribution in [0.5, 0.6) is 0 Å². The van der Waals surface area contributed by atoms with Gasteiger partial charge in [0.25, 0.3) is 0 Å². The van der Waals surface area contributed by atoms with Gasteiger partial charge in [0.1, 0.15) is 0 Å². The van der Waals surface area contributed by atoms with Gasteiger partial charge in [-0.15, -0.1) is 16.7 Å². The van der Waals surface area contributed by atoms with Crippen LogP contribution in [0, 0.1) is 0 Å². The molecular weight excluding hydrogens is 226 g/mol. The number of hydrogen-bond donors (Lipinski definition) is 0. The van der Waals surface area contributed by atoms with E-state index in [0.717, 1.165) is 24.6 Å². The Kier molecular flexibility index (Phi) is 2.69. The number of morpholine rings is 1. The van der Waals surface area contributed by atoms with Crippen molar-refractivity contribution in [2.45, 2.75) is 30.9 Å². The van der Waals surface area contributed by atoms with Crippen LogP contribution < -0.4 is 4.90 Å². The summed E-state index contributed by atoms with van der Waals surface area (Å²) >= 11 is 5.69. The molecule has 2 aliphatic rings. The van der Waals surface area contributed by atoms with Crippen LogP contribution in [0.25, 0.3) is 0 Å². The maximum Gasteiger partial charge on any atom is 0.151 e. The Hall–Kier alpha value is -0.870. The molecule has 0 saturated carbocycles. The van der Waals surface area contributed by atoms with Gasteiger partial charge >= 0.3 is 0 Å². The van der Waals surface area contributed by atoms with Crippen molar-refractivity contribution in [3.05, 3.63) is 17.8 Å². The number of alkyl halides is 1. The molecule has 3 heterocycles. The van der Waals surface area contributed by atoms with Crippen molar-refractivity contribution in [2.75, 3.05) is 18.0 Å². The van der Waals surface area contributed by atoms with Crippen molar-refractivity contribution in [1.29, 1.82) is 0 Å². The van der Waals surface area contributed by atoms with Crippen molar-refractivity contribution >= 4 is 17.4 Å². The topological polar surface area (TPSA) is 38.2 Å². The second kappa shape index (κ2) is 4.18. The Bertz CT molecular complexity index is 358. The Labute approximate surface area is 99.6 Å². The van der Waals surface area contributed by atoms with Crippen molar-refractivity contribution in [1.82, 2.24) is 10.2 Å². The second-order valence-corrected chi connectivity index (χ2v) is 4.65. The summed E-state index contributed by atoms with van der Waals surface area (Å²) in [6.45, 7) is 1.87. The summed E-state index contributed by atoms with van der Waals surface area (Å²) in [5.41, 5.74) is 0.821. The predicted molar refractivity (Wildman–Crippen MR) is 61.7 cm³/mol. The van der Waals surface area contributed by atoms with Crippen LogP contribution >= 0.6 is 11.6 Å². The number of aromatic nitrogens is 2. The number of nitrogens with zero attached hydrogens (tertiary/aromatic N) is 3. The molecule has 0 aromatic carbocycles. The van der Waals surface area contributed by atoms with Gasteiger partial charge in [-0.25, -0.2) is 0 Å². The van der Waals surface area contributed by atoms with E-state index in [1.54, 1.807) is 0 Å². The molecule has 0 spiro atoms. The third-order valence-corrected chi connectivity index (χ3v) is 3.48. The molecule has 1 aromatic heterocycles. The second-order valence-electron chi connectivity index (χ2n) is 4.38. The van der Waals surface area contributed by atoms with E-state index in [1.165, 1.54) is 12.8 Å². The van der Waals surface area contributed by atoms with Crippen LogP contribution in [-0.2, 0) is 10.6 Å². The first kappa shape index (κ1) is 10.3. The summed E-state index contributed by atoms with van der Waals surface area (Å²) in [5.74, 6) is 1.36. The van der Waals surface area contributed by atoms with Crippen molar-refractivity contribution in [3.8, 4) is 0 Å². The lowest BCUT2D eigenvalue weighted by Gasteiger charge is -2.32. The normalized spacial score (nSPS) is 28.4. The molecule has 86 valence electrons. The number of anilines is 1. The van der Waals surface area contributed by atoms with E-state index in [1.807, 2.05) is 12.1 Å². The Morgan fingerprint density at radius 3 is 2.56 bits per heavy atom. The van der Waals surface area contributed by atoms with E-state index in [9.17, 15) is 0 Å². The van der Waals surface area contributed by atoms with Crippen LogP contribution in [0.2, 0.25) is 0 Å². The molecule has 1 aromatic rings. The lowest BCUT2D eigenvalue weighted by Crippen LogP contribution is -2.43. The van der Waals surface area contributed by atoms with Gasteiger partial charge < -0.3 is 9.64 Å². The summed E-state index contributed by atoms with van der Waals surface area (Å²) in [4.78, 5) is 2.26. The van der Waals surface area contributed by atoms with E-state index in [4.69, 9.17) is 16.3 Å². The van der Waals surface area contributed by atoms with Gasteiger partial charge in [0.15, 0.2) is 5.82 Å². The quantitative estimate of drug-likeness (QED) is 0.735. The van der Waals surface area contributed by atoms with Gasteiger partial charge in [-0.2, -0.15) is 5.10 Å². The van der Waals surface area contributed by atoms with Crippen molar-refractivity contribution in [3.63, 3.8) is 0 Å². The highest BCUT2D eigenvalue weighted by Crippen LogP contribution is 2.28. The first-order valence-corrected chi connectivity index (χ1v) is 6.17. The number of rotatable bonds is 2. The fourth-order valence-electron chi connectivity index (χ4n) is 2.39. The maximum atomic E-state index is 5.78. The summed E-state index contributed by atoms with van der Waals surface area (Å²) in [6.07, 6.45) is 3.12. The molecule has 2 bridgehead atoms. The highest BCUT2D eigenvalue weighted by Gasteiger charge is 2.34. The molecule has 0 amide bonds. The summed E-state index contributed by atoms with van der Waals surface area (Å²) in [7, 11) is 0. The lowest BCUT2D eigenvalue weighted by molar-refractivity contribution is 0.0301. The first-order chi connectivity index (χ1) is 7.85. The highest BCUT2D eigenvalue weighted by atomic mass is 35.5. The molecule has 5 heteroatoms. The molecule has 2 saturated heterocycles. The van der Waals surface area contributed by atoms with Crippen molar-refractivity contribution in [2.24, 2.45) is 0 Å². The zero-order valence-electron chi connectivity index (χ0n) is 8.97. The van der Waals surface area contributed by atoms with Crippen LogP contribution in [0.1, 0.15) is 18.5 Å². The Morgan fingerprint density at radius 2 is 2.00 bits per heavy atom. The van der Waals surface area contributed by atoms with Crippen LogP contribution in [0.3, 0.4) is 0 Å². The van der Waals surface area contributed by atoms with E-state index in [2.05, 4.69) is 15.1 Å². The van der Waals surface area contributed by atoms with E-state index in [0.29, 0.717) is 18.1 Å². The van der Waals surface area contributed by atoms with Gasteiger partial charge in [-0.05, 0) is 25.0 Å². The molecule has 4 nitrogen and oxygen atoms in total. The molecule has 2 fully saturated rings. The highest BCUT2D eigenvalue weighted by molar-refractivity contribution is 6.16. The zero-order chi connectivity index (χ0) is 11.0. The minimum Gasteiger partial charge on any atom is -0.371 e. The smallest absolute Gasteiger partial charge is 0.151 e. The molecule has 0 aliphatic carbocycles. The largest absolute Gasteiger partial charge is 0.371 e. The van der Waals surface area contributed by atoms with Crippen LogP contribution in [-0.4, -0.2) is 35.5 Å². The molecular formula is C11H14ClN3O. The summed E-state index contributed by atoms with van der Waals surface area (Å²) in [5, 5.41) is 8.28. The van der Waals surface area contributed by atoms with Crippen LogP contribution in [0.4, 0.5) is 5.82 Å². The van der Waals surface area contributed by atoms with Crippen molar-refractivity contribution < 1.29 is 4.74 Å². The van der Waals surface area contributed by atoms with Gasteiger partial charge in [-0.3, -0.25) is 0 Å². The summed E-state index contributed by atoms with van der Waals surface area (Å²) in [6, 6.07) is 3.93. The molecule has 3 rings (SSSR count). The fourth-order valence-corrected chi connectivity index (χ4v) is 2.54. The molecule has 2 atom stereocenters. The molecule has 0 N–H and O–H groups in total. The Balaban J connectivity index is 1.76. The number of fused-ring (bicyclic) bond motifs is 2. The number of hydrogen-bond acceptors (Lipinski definition) is 4. The lowest BCUT2D eigenvalue weighted by atomic mass is 10.2. The monoisotopic (exact) mass is 239 g/mol. The number of ether oxygens (including phenoxy) is 1. The molecule has 16 heavy (non-hydrogen) atoms. The molecule has 2 aliphatic heterocycles. The van der Waals surface area contributed by atoms with E-state index in [-0.39, 0.29) is 0 Å². The third-order valence-electron chi connectivity index (χ3n) is 3.21. The third kappa shape index (κ3) is 1.87. The average molecular weight is 240 g/mol. The van der Waals surface area contributed by atoms with Gasteiger partial charge in [0, 0.05) is 13.1 Å². The first-order valence-electron chi connectivity index (χ1n) is 5.64. The minimum absolute atomic E-state index is 0.383. The van der Waals surface area contributed by atoms with Gasteiger partial charge in [0.2, 0.25) is 0 Å². The molecule has 0 radical (unpaired) electrons. The standard InChI is InChI=1S/C11H14ClN3O/c12-5-8-1-4-11(14-13-8)15-6-9-2-3-10(7-15)16-9/h1,4,9-10H,2-3,5-7H2. The summed E-state index contributed by atoms with van der Waals surface area (Å²) < 4.78 is 5.78.